The van der Waals surface area contributed by atoms with Crippen LogP contribution in [-0.4, -0.2) is 20.8 Å². The van der Waals surface area contributed by atoms with Crippen molar-refractivity contribution < 1.29 is 9.47 Å². The molecule has 0 atom stereocenters. The molecule has 0 aliphatic rings. The van der Waals surface area contributed by atoms with Gasteiger partial charge >= 0.3 is 0 Å². The average molecular weight is 175 g/mol. The smallest absolute Gasteiger partial charge is 0.128 e. The van der Waals surface area contributed by atoms with Gasteiger partial charge in [-0.2, -0.15) is 0 Å². The maximum absolute atomic E-state index is 5.01. The number of ether oxygens (including phenoxy) is 2. The van der Waals surface area contributed by atoms with E-state index in [0.29, 0.717) is 12.4 Å². The number of hydrogen-bond donors (Lipinski definition) is 0. The van der Waals surface area contributed by atoms with E-state index in [1.54, 1.807) is 20.3 Å². The van der Waals surface area contributed by atoms with Crippen molar-refractivity contribution in [1.82, 2.24) is 0 Å². The lowest BCUT2D eigenvalue weighted by atomic mass is 10.2. The monoisotopic (exact) mass is 175 g/mol. The first-order valence-corrected chi connectivity index (χ1v) is 3.90. The molecule has 13 heavy (non-hydrogen) atoms. The molecular formula is C11H11O2. The highest BCUT2D eigenvalue weighted by Gasteiger charge is 1.90. The molecule has 67 valence electrons. The van der Waals surface area contributed by atoms with Crippen LogP contribution in [-0.2, 0) is 4.74 Å². The molecule has 0 heterocycles. The molecule has 0 aromatic heterocycles. The Kier molecular flexibility index (Phi) is 3.87. The van der Waals surface area contributed by atoms with E-state index in [-0.39, 0.29) is 0 Å². The zero-order valence-corrected chi connectivity index (χ0v) is 7.76. The molecule has 0 fully saturated rings. The molecule has 0 spiro atoms. The van der Waals surface area contributed by atoms with Crippen molar-refractivity contribution in [1.29, 1.82) is 0 Å². The Labute approximate surface area is 78.5 Å². The van der Waals surface area contributed by atoms with Gasteiger partial charge in [0, 0.05) is 18.7 Å². The normalized spacial score (nSPS) is 8.77. The molecule has 1 rings (SSSR count). The number of methoxy groups -OCH3 is 2. The van der Waals surface area contributed by atoms with Crippen LogP contribution in [0.2, 0.25) is 0 Å². The van der Waals surface area contributed by atoms with Gasteiger partial charge in [-0.1, -0.05) is 11.8 Å². The van der Waals surface area contributed by atoms with Gasteiger partial charge in [0.1, 0.15) is 12.4 Å². The van der Waals surface area contributed by atoms with Crippen molar-refractivity contribution in [3.8, 4) is 17.6 Å². The van der Waals surface area contributed by atoms with Gasteiger partial charge in [0.2, 0.25) is 0 Å². The summed E-state index contributed by atoms with van der Waals surface area (Å²) in [5, 5.41) is 0. The number of benzene rings is 1. The SMILES string of the molecule is COCC#Cc1cc[c]c(OC)c1. The average Bonchev–Trinajstić information content (AvgIpc) is 2.19. The van der Waals surface area contributed by atoms with Crippen LogP contribution >= 0.6 is 0 Å². The Morgan fingerprint density at radius 1 is 1.46 bits per heavy atom. The highest BCUT2D eigenvalue weighted by Crippen LogP contribution is 2.10. The van der Waals surface area contributed by atoms with Crippen LogP contribution in [0.5, 0.6) is 5.75 Å². The molecule has 2 nitrogen and oxygen atoms in total. The Morgan fingerprint density at radius 2 is 2.31 bits per heavy atom. The third-order valence-electron chi connectivity index (χ3n) is 1.44. The van der Waals surface area contributed by atoms with Crippen molar-refractivity contribution in [2.75, 3.05) is 20.8 Å². The second-order valence-electron chi connectivity index (χ2n) is 2.38. The van der Waals surface area contributed by atoms with Gasteiger partial charge in [-0.3, -0.25) is 0 Å². The third-order valence-corrected chi connectivity index (χ3v) is 1.44. The van der Waals surface area contributed by atoms with Crippen molar-refractivity contribution in [3.05, 3.63) is 29.8 Å². The Morgan fingerprint density at radius 3 is 3.00 bits per heavy atom. The van der Waals surface area contributed by atoms with Crippen molar-refractivity contribution in [2.24, 2.45) is 0 Å². The second kappa shape index (κ2) is 5.23. The van der Waals surface area contributed by atoms with Crippen molar-refractivity contribution in [3.63, 3.8) is 0 Å². The molecule has 1 aromatic carbocycles. The fourth-order valence-electron chi connectivity index (χ4n) is 0.851. The molecule has 0 N–H and O–H groups in total. The maximum atomic E-state index is 5.01. The summed E-state index contributed by atoms with van der Waals surface area (Å²) in [5.41, 5.74) is 0.910. The van der Waals surface area contributed by atoms with Crippen LogP contribution in [0, 0.1) is 17.9 Å². The Bertz CT molecular complexity index is 320. The lowest BCUT2D eigenvalue weighted by Gasteiger charge is -1.97. The fraction of sp³-hybridized carbons (Fsp3) is 0.273. The fourth-order valence-corrected chi connectivity index (χ4v) is 0.851. The highest BCUT2D eigenvalue weighted by atomic mass is 16.5. The van der Waals surface area contributed by atoms with E-state index in [4.69, 9.17) is 9.47 Å². The molecule has 0 bridgehead atoms. The minimum atomic E-state index is 0.445. The molecule has 0 saturated heterocycles. The quantitative estimate of drug-likeness (QED) is 0.634. The highest BCUT2D eigenvalue weighted by molar-refractivity contribution is 5.39. The van der Waals surface area contributed by atoms with Crippen LogP contribution in [0.4, 0.5) is 0 Å². The number of hydrogen-bond acceptors (Lipinski definition) is 2. The molecule has 0 aliphatic carbocycles. The van der Waals surface area contributed by atoms with Gasteiger partial charge in [0.05, 0.1) is 7.11 Å². The van der Waals surface area contributed by atoms with Crippen LogP contribution < -0.4 is 4.74 Å². The molecule has 0 aliphatic heterocycles. The van der Waals surface area contributed by atoms with Crippen molar-refractivity contribution >= 4 is 0 Å². The number of rotatable bonds is 2. The van der Waals surface area contributed by atoms with E-state index in [0.717, 1.165) is 5.56 Å². The minimum absolute atomic E-state index is 0.445. The van der Waals surface area contributed by atoms with E-state index in [1.807, 2.05) is 12.1 Å². The van der Waals surface area contributed by atoms with Gasteiger partial charge in [-0.05, 0) is 18.2 Å². The van der Waals surface area contributed by atoms with Gasteiger partial charge < -0.3 is 9.47 Å². The van der Waals surface area contributed by atoms with Crippen LogP contribution in [0.1, 0.15) is 5.56 Å². The first kappa shape index (κ1) is 9.63. The van der Waals surface area contributed by atoms with Crippen LogP contribution in [0.25, 0.3) is 0 Å². The van der Waals surface area contributed by atoms with Crippen molar-refractivity contribution in [2.45, 2.75) is 0 Å². The predicted octanol–water partition coefficient (Wildman–Crippen LogP) is 1.49. The summed E-state index contributed by atoms with van der Waals surface area (Å²) < 4.78 is 9.81. The summed E-state index contributed by atoms with van der Waals surface area (Å²) in [6, 6.07) is 8.43. The summed E-state index contributed by atoms with van der Waals surface area (Å²) in [7, 11) is 3.23. The lowest BCUT2D eigenvalue weighted by molar-refractivity contribution is 0.240. The van der Waals surface area contributed by atoms with E-state index >= 15 is 0 Å². The van der Waals surface area contributed by atoms with Crippen LogP contribution in [0.15, 0.2) is 18.2 Å². The summed E-state index contributed by atoms with van der Waals surface area (Å²) in [4.78, 5) is 0. The zero-order valence-electron chi connectivity index (χ0n) is 7.76. The van der Waals surface area contributed by atoms with E-state index in [1.165, 1.54) is 0 Å². The summed E-state index contributed by atoms with van der Waals surface area (Å²) in [6.07, 6.45) is 0. The first-order valence-electron chi connectivity index (χ1n) is 3.90. The molecular weight excluding hydrogens is 164 g/mol. The van der Waals surface area contributed by atoms with Crippen LogP contribution in [0.3, 0.4) is 0 Å². The lowest BCUT2D eigenvalue weighted by Crippen LogP contribution is -1.84. The molecule has 2 heteroatoms. The standard InChI is InChI=1S/C11H11O2/c1-12-8-4-6-10-5-3-7-11(9-10)13-2/h3,5,9H,8H2,1-2H3. The van der Waals surface area contributed by atoms with E-state index in [9.17, 15) is 0 Å². The molecule has 0 unspecified atom stereocenters. The summed E-state index contributed by atoms with van der Waals surface area (Å²) in [5.74, 6) is 6.50. The zero-order chi connectivity index (χ0) is 9.52. The third kappa shape index (κ3) is 3.18. The Balaban J connectivity index is 2.73. The first-order chi connectivity index (χ1) is 6.36. The van der Waals surface area contributed by atoms with Gasteiger partial charge in [-0.25, -0.2) is 0 Å². The maximum Gasteiger partial charge on any atom is 0.128 e. The van der Waals surface area contributed by atoms with E-state index in [2.05, 4.69) is 17.9 Å². The Hall–Kier alpha value is -1.46. The summed E-state index contributed by atoms with van der Waals surface area (Å²) in [6.45, 7) is 0.445. The summed E-state index contributed by atoms with van der Waals surface area (Å²) >= 11 is 0. The van der Waals surface area contributed by atoms with Gasteiger partial charge in [0.25, 0.3) is 0 Å². The molecule has 0 amide bonds. The molecule has 0 saturated carbocycles. The minimum Gasteiger partial charge on any atom is -0.496 e. The van der Waals surface area contributed by atoms with Gasteiger partial charge in [0.15, 0.2) is 0 Å². The van der Waals surface area contributed by atoms with E-state index < -0.39 is 0 Å². The second-order valence-corrected chi connectivity index (χ2v) is 2.38. The van der Waals surface area contributed by atoms with Gasteiger partial charge in [-0.15, -0.1) is 0 Å². The topological polar surface area (TPSA) is 18.5 Å². The molecule has 1 aromatic rings. The molecule has 1 radical (unpaired) electrons. The predicted molar refractivity (Wildman–Crippen MR) is 50.6 cm³/mol. The largest absolute Gasteiger partial charge is 0.496 e.